The van der Waals surface area contributed by atoms with E-state index in [1.165, 1.54) is 89.9 Å². The van der Waals surface area contributed by atoms with Crippen molar-refractivity contribution in [3.8, 4) is 0 Å². The predicted octanol–water partition coefficient (Wildman–Crippen LogP) is 7.86. The molecule has 256 valence electrons. The van der Waals surface area contributed by atoms with E-state index in [0.29, 0.717) is 12.8 Å². The summed E-state index contributed by atoms with van der Waals surface area (Å²) >= 11 is 0. The molecule has 1 unspecified atom stereocenters. The Morgan fingerprint density at radius 3 is 1.84 bits per heavy atom. The highest BCUT2D eigenvalue weighted by Gasteiger charge is 2.44. The minimum atomic E-state index is -0.660. The Kier molecular flexibility index (Phi) is 18.5. The van der Waals surface area contributed by atoms with Gasteiger partial charge in [-0.05, 0) is 51.5 Å². The summed E-state index contributed by atoms with van der Waals surface area (Å²) in [4.78, 5) is 11.6. The smallest absolute Gasteiger partial charge is 0.334 e. The maximum atomic E-state index is 11.6. The molecule has 7 heteroatoms. The van der Waals surface area contributed by atoms with Crippen molar-refractivity contribution in [1.82, 2.24) is 0 Å². The zero-order valence-electron chi connectivity index (χ0n) is 28.1. The molecule has 0 aliphatic carbocycles. The summed E-state index contributed by atoms with van der Waals surface area (Å²) in [6, 6.07) is 0. The molecule has 2 saturated heterocycles. The first-order valence-corrected chi connectivity index (χ1v) is 18.7. The lowest BCUT2D eigenvalue weighted by molar-refractivity contribution is -0.139. The quantitative estimate of drug-likeness (QED) is 0.0703. The first kappa shape index (κ1) is 37.5. The second kappa shape index (κ2) is 21.7. The average Bonchev–Trinajstić information content (AvgIpc) is 3.73. The maximum absolute atomic E-state index is 11.6. The maximum Gasteiger partial charge on any atom is 0.334 e. The topological polar surface area (TPSA) is 105 Å². The zero-order chi connectivity index (χ0) is 31.6. The van der Waals surface area contributed by atoms with Crippen LogP contribution in [0.5, 0.6) is 0 Å². The van der Waals surface area contributed by atoms with Crippen LogP contribution in [-0.4, -0.2) is 70.1 Å². The van der Waals surface area contributed by atoms with Crippen molar-refractivity contribution in [2.45, 2.75) is 217 Å². The minimum Gasteiger partial charge on any atom is -0.455 e. The van der Waals surface area contributed by atoms with Gasteiger partial charge in [0, 0.05) is 12.0 Å². The molecule has 3 aliphatic heterocycles. The number of cyclic esters (lactones) is 1. The van der Waals surface area contributed by atoms with Crippen molar-refractivity contribution < 1.29 is 34.3 Å². The van der Waals surface area contributed by atoms with Crippen LogP contribution in [0.3, 0.4) is 0 Å². The average molecular weight is 623 g/mol. The lowest BCUT2D eigenvalue weighted by atomic mass is 9.99. The molecule has 0 aromatic rings. The van der Waals surface area contributed by atoms with Gasteiger partial charge in [-0.1, -0.05) is 116 Å². The second-order valence-electron chi connectivity index (χ2n) is 14.0. The van der Waals surface area contributed by atoms with Crippen molar-refractivity contribution in [1.29, 1.82) is 0 Å². The molecule has 0 bridgehead atoms. The monoisotopic (exact) mass is 622 g/mol. The molecular weight excluding hydrogens is 556 g/mol. The summed E-state index contributed by atoms with van der Waals surface area (Å²) in [6.45, 7) is 4.15. The number of aliphatic hydroxyl groups is 3. The predicted molar refractivity (Wildman–Crippen MR) is 175 cm³/mol. The fourth-order valence-electron chi connectivity index (χ4n) is 7.29. The van der Waals surface area contributed by atoms with Crippen LogP contribution in [0, 0.1) is 0 Å². The van der Waals surface area contributed by atoms with Crippen molar-refractivity contribution in [2.24, 2.45) is 0 Å². The Morgan fingerprint density at radius 2 is 1.27 bits per heavy atom. The molecule has 0 aromatic heterocycles. The van der Waals surface area contributed by atoms with E-state index in [9.17, 15) is 20.1 Å². The van der Waals surface area contributed by atoms with E-state index >= 15 is 0 Å². The van der Waals surface area contributed by atoms with Gasteiger partial charge in [-0.15, -0.1) is 0 Å². The van der Waals surface area contributed by atoms with Crippen LogP contribution in [0.1, 0.15) is 168 Å². The van der Waals surface area contributed by atoms with E-state index in [0.717, 1.165) is 56.9 Å². The van der Waals surface area contributed by atoms with Crippen LogP contribution < -0.4 is 0 Å². The van der Waals surface area contributed by atoms with E-state index in [1.54, 1.807) is 0 Å². The fraction of sp³-hybridized carbons (Fsp3) is 0.919. The van der Waals surface area contributed by atoms with Crippen molar-refractivity contribution in [2.75, 3.05) is 0 Å². The third-order valence-corrected chi connectivity index (χ3v) is 10.0. The van der Waals surface area contributed by atoms with Crippen LogP contribution in [-0.2, 0) is 19.0 Å². The number of carbonyl (C=O) groups is 1. The van der Waals surface area contributed by atoms with Gasteiger partial charge in [-0.2, -0.15) is 0 Å². The lowest BCUT2D eigenvalue weighted by Crippen LogP contribution is -2.35. The number of aliphatic hydroxyl groups excluding tert-OH is 3. The molecule has 3 heterocycles. The Bertz CT molecular complexity index is 801. The Labute approximate surface area is 268 Å². The SMILES string of the molecule is CCCCCCCCCC[C@H](O)[C@H]1CC[C@H]([C@H]2CC(O)[C@@H]([C@H](O)CCCCCCCCCCCCC3=C[C@H](C)OC3=O)O2)O1. The highest BCUT2D eigenvalue weighted by molar-refractivity contribution is 5.90. The molecule has 0 radical (unpaired) electrons. The van der Waals surface area contributed by atoms with E-state index in [4.69, 9.17) is 14.2 Å². The molecule has 0 spiro atoms. The van der Waals surface area contributed by atoms with Crippen molar-refractivity contribution >= 4 is 5.97 Å². The molecule has 3 N–H and O–H groups in total. The number of hydrogen-bond acceptors (Lipinski definition) is 7. The van der Waals surface area contributed by atoms with Gasteiger partial charge >= 0.3 is 5.97 Å². The number of hydrogen-bond donors (Lipinski definition) is 3. The van der Waals surface area contributed by atoms with Gasteiger partial charge in [0.25, 0.3) is 0 Å². The lowest BCUT2D eigenvalue weighted by Gasteiger charge is -2.24. The number of ether oxygens (including phenoxy) is 3. The van der Waals surface area contributed by atoms with Gasteiger partial charge in [0.2, 0.25) is 0 Å². The van der Waals surface area contributed by atoms with Gasteiger partial charge in [0.15, 0.2) is 0 Å². The molecule has 44 heavy (non-hydrogen) atoms. The Hall–Kier alpha value is -0.990. The molecular formula is C37H66O7. The first-order valence-electron chi connectivity index (χ1n) is 18.7. The Balaban J connectivity index is 1.15. The van der Waals surface area contributed by atoms with Crippen LogP contribution in [0.15, 0.2) is 11.6 Å². The molecule has 0 amide bonds. The van der Waals surface area contributed by atoms with Gasteiger partial charge in [0.05, 0.1) is 36.6 Å². The van der Waals surface area contributed by atoms with E-state index in [1.807, 2.05) is 13.0 Å². The van der Waals surface area contributed by atoms with E-state index < -0.39 is 24.4 Å². The molecule has 7 nitrogen and oxygen atoms in total. The summed E-state index contributed by atoms with van der Waals surface area (Å²) in [5.74, 6) is -0.130. The summed E-state index contributed by atoms with van der Waals surface area (Å²) < 4.78 is 17.5. The fourth-order valence-corrected chi connectivity index (χ4v) is 7.29. The van der Waals surface area contributed by atoms with E-state index in [2.05, 4.69) is 6.92 Å². The van der Waals surface area contributed by atoms with Crippen LogP contribution in [0.25, 0.3) is 0 Å². The van der Waals surface area contributed by atoms with Crippen LogP contribution >= 0.6 is 0 Å². The van der Waals surface area contributed by atoms with Gasteiger partial charge in [0.1, 0.15) is 12.2 Å². The standard InChI is InChI=1S/C37H66O7/c1-3-4-5-6-7-13-16-19-22-30(38)33-24-25-34(43-33)35-27-32(40)36(44-35)31(39)23-20-17-14-11-9-8-10-12-15-18-21-29-26-28(2)42-37(29)41/h26,28,30-36,38-40H,3-25,27H2,1-2H3/t28-,30-,31+,32?,33+,34+,35+,36+/m0/s1. The summed E-state index contributed by atoms with van der Waals surface area (Å²) in [5.41, 5.74) is 0.855. The molecule has 2 fully saturated rings. The largest absolute Gasteiger partial charge is 0.455 e. The van der Waals surface area contributed by atoms with Crippen LogP contribution in [0.4, 0.5) is 0 Å². The molecule has 3 rings (SSSR count). The normalized spacial score (nSPS) is 28.4. The molecule has 3 aliphatic rings. The summed E-state index contributed by atoms with van der Waals surface area (Å²) in [5, 5.41) is 32.1. The zero-order valence-corrected chi connectivity index (χ0v) is 28.1. The van der Waals surface area contributed by atoms with Crippen LogP contribution in [0.2, 0.25) is 0 Å². The summed E-state index contributed by atoms with van der Waals surface area (Å²) in [7, 11) is 0. The number of carbonyl (C=O) groups excluding carboxylic acids is 1. The summed E-state index contributed by atoms with van der Waals surface area (Å²) in [6.07, 6.45) is 25.4. The highest BCUT2D eigenvalue weighted by Crippen LogP contribution is 2.35. The van der Waals surface area contributed by atoms with Gasteiger partial charge < -0.3 is 29.5 Å². The minimum absolute atomic E-state index is 0.0590. The second-order valence-corrected chi connectivity index (χ2v) is 14.0. The number of rotatable bonds is 25. The van der Waals surface area contributed by atoms with Gasteiger partial charge in [-0.25, -0.2) is 4.79 Å². The highest BCUT2D eigenvalue weighted by atomic mass is 16.6. The van der Waals surface area contributed by atoms with Crippen molar-refractivity contribution in [3.05, 3.63) is 11.6 Å². The van der Waals surface area contributed by atoms with Crippen molar-refractivity contribution in [3.63, 3.8) is 0 Å². The molecule has 0 aromatic carbocycles. The third kappa shape index (κ3) is 13.8. The Morgan fingerprint density at radius 1 is 0.727 bits per heavy atom. The molecule has 8 atom stereocenters. The van der Waals surface area contributed by atoms with E-state index in [-0.39, 0.29) is 30.4 Å². The first-order chi connectivity index (χ1) is 21.4. The number of unbranched alkanes of at least 4 members (excludes halogenated alkanes) is 16. The third-order valence-electron chi connectivity index (χ3n) is 10.0. The number of esters is 1. The molecule has 0 saturated carbocycles. The van der Waals surface area contributed by atoms with Gasteiger partial charge in [-0.3, -0.25) is 0 Å².